The maximum Gasteiger partial charge on any atom is 0.137 e. The fraction of sp³-hybridized carbons (Fsp3) is 0.412. The van der Waals surface area contributed by atoms with E-state index in [-0.39, 0.29) is 0 Å². The van der Waals surface area contributed by atoms with Crippen LogP contribution in [0.1, 0.15) is 42.6 Å². The number of nitrogens with zero attached hydrogens (tertiary/aromatic N) is 3. The van der Waals surface area contributed by atoms with Crippen molar-refractivity contribution in [3.8, 4) is 0 Å². The number of anilines is 2. The summed E-state index contributed by atoms with van der Waals surface area (Å²) in [7, 11) is 0. The molecule has 110 valence electrons. The van der Waals surface area contributed by atoms with E-state index in [1.807, 2.05) is 13.0 Å². The molecule has 0 bridgehead atoms. The predicted octanol–water partition coefficient (Wildman–Crippen LogP) is 3.27. The van der Waals surface area contributed by atoms with Crippen molar-refractivity contribution in [1.29, 1.82) is 0 Å². The molecule has 0 radical (unpaired) electrons. The van der Waals surface area contributed by atoms with Crippen molar-refractivity contribution >= 4 is 11.6 Å². The van der Waals surface area contributed by atoms with Crippen LogP contribution in [0.2, 0.25) is 0 Å². The molecule has 0 aliphatic heterocycles. The lowest BCUT2D eigenvalue weighted by atomic mass is 10.2. The Morgan fingerprint density at radius 2 is 1.90 bits per heavy atom. The van der Waals surface area contributed by atoms with E-state index in [9.17, 15) is 0 Å². The maximum absolute atomic E-state index is 6.10. The highest BCUT2D eigenvalue weighted by atomic mass is 15.2. The fourth-order valence-electron chi connectivity index (χ4n) is 2.51. The second kappa shape index (κ2) is 5.72. The minimum absolute atomic E-state index is 0.516. The van der Waals surface area contributed by atoms with Gasteiger partial charge in [-0.3, -0.25) is 0 Å². The first-order valence-electron chi connectivity index (χ1n) is 7.62. The summed E-state index contributed by atoms with van der Waals surface area (Å²) in [6.45, 7) is 5.90. The van der Waals surface area contributed by atoms with E-state index in [4.69, 9.17) is 10.7 Å². The Morgan fingerprint density at radius 1 is 1.19 bits per heavy atom. The molecular formula is C17H22N4. The quantitative estimate of drug-likeness (QED) is 0.914. The van der Waals surface area contributed by atoms with Crippen molar-refractivity contribution in [3.05, 3.63) is 47.3 Å². The lowest BCUT2D eigenvalue weighted by molar-refractivity contribution is 0.790. The molecule has 0 unspecified atom stereocenters. The van der Waals surface area contributed by atoms with Crippen LogP contribution in [0, 0.1) is 6.92 Å². The molecule has 2 aromatic rings. The highest BCUT2D eigenvalue weighted by Crippen LogP contribution is 2.39. The SMILES string of the molecule is CCN(Cc1ccccc1)c1nc(C2CC2)nc(N)c1C. The number of benzene rings is 1. The molecule has 1 aromatic heterocycles. The highest BCUT2D eigenvalue weighted by molar-refractivity contribution is 5.57. The molecule has 1 heterocycles. The number of nitrogens with two attached hydrogens (primary N) is 1. The van der Waals surface area contributed by atoms with Gasteiger partial charge in [0.05, 0.1) is 0 Å². The fourth-order valence-corrected chi connectivity index (χ4v) is 2.51. The van der Waals surface area contributed by atoms with Crippen molar-refractivity contribution in [1.82, 2.24) is 9.97 Å². The normalized spacial score (nSPS) is 14.2. The van der Waals surface area contributed by atoms with Gasteiger partial charge in [0, 0.05) is 24.6 Å². The minimum atomic E-state index is 0.516. The van der Waals surface area contributed by atoms with E-state index in [0.29, 0.717) is 11.7 Å². The summed E-state index contributed by atoms with van der Waals surface area (Å²) < 4.78 is 0. The van der Waals surface area contributed by atoms with Crippen molar-refractivity contribution < 1.29 is 0 Å². The summed E-state index contributed by atoms with van der Waals surface area (Å²) in [6, 6.07) is 10.5. The third-order valence-corrected chi connectivity index (χ3v) is 4.02. The molecule has 1 aliphatic carbocycles. The molecule has 4 heteroatoms. The van der Waals surface area contributed by atoms with Gasteiger partial charge in [0.25, 0.3) is 0 Å². The lowest BCUT2D eigenvalue weighted by Crippen LogP contribution is -2.25. The summed E-state index contributed by atoms with van der Waals surface area (Å²) in [5, 5.41) is 0. The van der Waals surface area contributed by atoms with E-state index in [2.05, 4.69) is 41.1 Å². The zero-order valence-electron chi connectivity index (χ0n) is 12.7. The smallest absolute Gasteiger partial charge is 0.137 e. The Bertz CT molecular complexity index is 620. The zero-order valence-corrected chi connectivity index (χ0v) is 12.7. The second-order valence-corrected chi connectivity index (χ2v) is 5.69. The Morgan fingerprint density at radius 3 is 2.52 bits per heavy atom. The van der Waals surface area contributed by atoms with Crippen LogP contribution in [0.25, 0.3) is 0 Å². The molecule has 0 amide bonds. The van der Waals surface area contributed by atoms with E-state index < -0.39 is 0 Å². The van der Waals surface area contributed by atoms with Crippen molar-refractivity contribution in [2.75, 3.05) is 17.2 Å². The maximum atomic E-state index is 6.10. The first-order chi connectivity index (χ1) is 10.2. The van der Waals surface area contributed by atoms with Crippen LogP contribution in [0.4, 0.5) is 11.6 Å². The van der Waals surface area contributed by atoms with Crippen LogP contribution in [0.5, 0.6) is 0 Å². The molecule has 1 fully saturated rings. The Hall–Kier alpha value is -2.10. The van der Waals surface area contributed by atoms with Crippen LogP contribution >= 0.6 is 0 Å². The van der Waals surface area contributed by atoms with Crippen LogP contribution in [-0.2, 0) is 6.54 Å². The summed E-state index contributed by atoms with van der Waals surface area (Å²) in [5.41, 5.74) is 8.36. The first kappa shape index (κ1) is 13.9. The number of rotatable bonds is 5. The predicted molar refractivity (Wildman–Crippen MR) is 86.3 cm³/mol. The number of aromatic nitrogens is 2. The topological polar surface area (TPSA) is 55.0 Å². The van der Waals surface area contributed by atoms with Gasteiger partial charge in [-0.25, -0.2) is 9.97 Å². The summed E-state index contributed by atoms with van der Waals surface area (Å²) in [4.78, 5) is 11.5. The molecule has 1 aromatic carbocycles. The van der Waals surface area contributed by atoms with E-state index in [0.717, 1.165) is 30.3 Å². The van der Waals surface area contributed by atoms with Gasteiger partial charge in [-0.1, -0.05) is 30.3 Å². The zero-order chi connectivity index (χ0) is 14.8. The van der Waals surface area contributed by atoms with Crippen LogP contribution in [0.15, 0.2) is 30.3 Å². The van der Waals surface area contributed by atoms with Gasteiger partial charge in [0.1, 0.15) is 17.5 Å². The average molecular weight is 282 g/mol. The molecule has 3 rings (SSSR count). The van der Waals surface area contributed by atoms with Gasteiger partial charge in [0.2, 0.25) is 0 Å². The largest absolute Gasteiger partial charge is 0.383 e. The summed E-state index contributed by atoms with van der Waals surface area (Å²) >= 11 is 0. The van der Waals surface area contributed by atoms with E-state index >= 15 is 0 Å². The first-order valence-corrected chi connectivity index (χ1v) is 7.62. The van der Waals surface area contributed by atoms with Crippen molar-refractivity contribution in [2.45, 2.75) is 39.2 Å². The molecule has 4 nitrogen and oxygen atoms in total. The number of hydrogen-bond donors (Lipinski definition) is 1. The summed E-state index contributed by atoms with van der Waals surface area (Å²) in [6.07, 6.45) is 2.37. The van der Waals surface area contributed by atoms with Gasteiger partial charge in [-0.15, -0.1) is 0 Å². The molecule has 1 saturated carbocycles. The molecule has 0 saturated heterocycles. The number of nitrogen functional groups attached to an aromatic ring is 1. The third kappa shape index (κ3) is 2.99. The van der Waals surface area contributed by atoms with Crippen LogP contribution in [-0.4, -0.2) is 16.5 Å². The minimum Gasteiger partial charge on any atom is -0.383 e. The Kier molecular flexibility index (Phi) is 3.78. The van der Waals surface area contributed by atoms with Gasteiger partial charge in [-0.05, 0) is 32.3 Å². The van der Waals surface area contributed by atoms with E-state index in [1.165, 1.54) is 18.4 Å². The molecular weight excluding hydrogens is 260 g/mol. The molecule has 1 aliphatic rings. The van der Waals surface area contributed by atoms with Gasteiger partial charge >= 0.3 is 0 Å². The molecule has 2 N–H and O–H groups in total. The molecule has 21 heavy (non-hydrogen) atoms. The van der Waals surface area contributed by atoms with Gasteiger partial charge in [-0.2, -0.15) is 0 Å². The standard InChI is InChI=1S/C17H22N4/c1-3-21(11-13-7-5-4-6-8-13)17-12(2)15(18)19-16(20-17)14-9-10-14/h4-8,14H,3,9-11H2,1-2H3,(H2,18,19,20). The average Bonchev–Trinajstić information content (AvgIpc) is 3.33. The van der Waals surface area contributed by atoms with Crippen LogP contribution < -0.4 is 10.6 Å². The molecule has 0 spiro atoms. The van der Waals surface area contributed by atoms with Gasteiger partial charge < -0.3 is 10.6 Å². The van der Waals surface area contributed by atoms with Gasteiger partial charge in [0.15, 0.2) is 0 Å². The van der Waals surface area contributed by atoms with E-state index in [1.54, 1.807) is 0 Å². The third-order valence-electron chi connectivity index (χ3n) is 4.02. The number of hydrogen-bond acceptors (Lipinski definition) is 4. The van der Waals surface area contributed by atoms with Crippen molar-refractivity contribution in [2.24, 2.45) is 0 Å². The lowest BCUT2D eigenvalue weighted by Gasteiger charge is -2.24. The Labute approximate surface area is 126 Å². The van der Waals surface area contributed by atoms with Crippen LogP contribution in [0.3, 0.4) is 0 Å². The second-order valence-electron chi connectivity index (χ2n) is 5.69. The monoisotopic (exact) mass is 282 g/mol. The van der Waals surface area contributed by atoms with Crippen molar-refractivity contribution in [3.63, 3.8) is 0 Å². The molecule has 0 atom stereocenters. The highest BCUT2D eigenvalue weighted by Gasteiger charge is 2.28. The Balaban J connectivity index is 1.92. The summed E-state index contributed by atoms with van der Waals surface area (Å²) in [5.74, 6) is 3.03.